The third-order valence-corrected chi connectivity index (χ3v) is 6.28. The molecule has 7 unspecified atom stereocenters. The van der Waals surface area contributed by atoms with Gasteiger partial charge < -0.3 is 28.4 Å². The van der Waals surface area contributed by atoms with Gasteiger partial charge in [-0.05, 0) is 25.7 Å². The van der Waals surface area contributed by atoms with E-state index in [9.17, 15) is 0 Å². The molecule has 6 nitrogen and oxygen atoms in total. The SMILES string of the molecule is CCCCCCCC1OCC2OC(OC)C3OC(CCCCCCC)OC3C2O1. The third kappa shape index (κ3) is 6.62. The van der Waals surface area contributed by atoms with Crippen molar-refractivity contribution < 1.29 is 28.4 Å². The second kappa shape index (κ2) is 12.6. The van der Waals surface area contributed by atoms with Gasteiger partial charge >= 0.3 is 0 Å². The van der Waals surface area contributed by atoms with Gasteiger partial charge in [0.15, 0.2) is 18.9 Å². The molecule has 3 heterocycles. The molecule has 0 N–H and O–H groups in total. The molecule has 3 aliphatic heterocycles. The van der Waals surface area contributed by atoms with E-state index in [1.807, 2.05) is 0 Å². The number of fused-ring (bicyclic) bond motifs is 3. The van der Waals surface area contributed by atoms with Gasteiger partial charge in [0.25, 0.3) is 0 Å². The smallest absolute Gasteiger partial charge is 0.186 e. The molecule has 3 rings (SSSR count). The van der Waals surface area contributed by atoms with E-state index < -0.39 is 6.29 Å². The van der Waals surface area contributed by atoms with Crippen LogP contribution < -0.4 is 0 Å². The fourth-order valence-corrected chi connectivity index (χ4v) is 4.58. The summed E-state index contributed by atoms with van der Waals surface area (Å²) in [5.41, 5.74) is 0. The van der Waals surface area contributed by atoms with Crippen molar-refractivity contribution in [1.29, 1.82) is 0 Å². The van der Waals surface area contributed by atoms with Gasteiger partial charge in [0.1, 0.15) is 24.4 Å². The number of rotatable bonds is 13. The summed E-state index contributed by atoms with van der Waals surface area (Å²) in [6.07, 6.45) is 12.8. The molecule has 3 saturated heterocycles. The standard InChI is InChI=1S/C23H42O6/c1-4-6-8-10-12-14-18-25-16-17-20(27-18)21-22(23(24-3)26-17)29-19(28-21)15-13-11-9-7-5-2/h17-23H,4-16H2,1-3H3. The van der Waals surface area contributed by atoms with E-state index in [2.05, 4.69) is 13.8 Å². The Morgan fingerprint density at radius 2 is 1.24 bits per heavy atom. The summed E-state index contributed by atoms with van der Waals surface area (Å²) >= 11 is 0. The monoisotopic (exact) mass is 414 g/mol. The summed E-state index contributed by atoms with van der Waals surface area (Å²) in [5.74, 6) is 0. The fraction of sp³-hybridized carbons (Fsp3) is 1.00. The molecular weight excluding hydrogens is 372 g/mol. The van der Waals surface area contributed by atoms with Gasteiger partial charge in [-0.2, -0.15) is 0 Å². The molecule has 29 heavy (non-hydrogen) atoms. The van der Waals surface area contributed by atoms with E-state index in [1.54, 1.807) is 7.11 Å². The van der Waals surface area contributed by atoms with Crippen LogP contribution in [0.25, 0.3) is 0 Å². The largest absolute Gasteiger partial charge is 0.353 e. The van der Waals surface area contributed by atoms with Gasteiger partial charge in [-0.25, -0.2) is 0 Å². The van der Waals surface area contributed by atoms with E-state index in [4.69, 9.17) is 28.4 Å². The first-order chi connectivity index (χ1) is 14.3. The predicted octanol–water partition coefficient (Wildman–Crippen LogP) is 4.93. The van der Waals surface area contributed by atoms with Crippen LogP contribution in [0.3, 0.4) is 0 Å². The number of hydrogen-bond acceptors (Lipinski definition) is 6. The maximum Gasteiger partial charge on any atom is 0.186 e. The molecule has 170 valence electrons. The van der Waals surface area contributed by atoms with Crippen molar-refractivity contribution in [2.75, 3.05) is 13.7 Å². The molecular formula is C23H42O6. The maximum absolute atomic E-state index is 6.32. The number of unbranched alkanes of at least 4 members (excludes halogenated alkanes) is 8. The lowest BCUT2D eigenvalue weighted by molar-refractivity contribution is -0.341. The molecule has 0 amide bonds. The van der Waals surface area contributed by atoms with E-state index in [0.717, 1.165) is 25.7 Å². The van der Waals surface area contributed by atoms with Crippen molar-refractivity contribution in [3.8, 4) is 0 Å². The Morgan fingerprint density at radius 1 is 0.655 bits per heavy atom. The highest BCUT2D eigenvalue weighted by atomic mass is 16.8. The van der Waals surface area contributed by atoms with Crippen molar-refractivity contribution in [3.05, 3.63) is 0 Å². The van der Waals surface area contributed by atoms with Crippen LogP contribution in [0.5, 0.6) is 0 Å². The Kier molecular flexibility index (Phi) is 10.2. The van der Waals surface area contributed by atoms with Crippen molar-refractivity contribution in [1.82, 2.24) is 0 Å². The molecule has 3 aliphatic rings. The van der Waals surface area contributed by atoms with Crippen molar-refractivity contribution in [3.63, 3.8) is 0 Å². The molecule has 7 atom stereocenters. The summed E-state index contributed by atoms with van der Waals surface area (Å²) in [6.45, 7) is 5.00. The molecule has 0 aromatic rings. The highest BCUT2D eigenvalue weighted by Crippen LogP contribution is 2.38. The van der Waals surface area contributed by atoms with Crippen molar-refractivity contribution in [2.24, 2.45) is 0 Å². The zero-order valence-corrected chi connectivity index (χ0v) is 18.7. The Hall–Kier alpha value is -0.240. The normalized spacial score (nSPS) is 36.7. The Bertz CT molecular complexity index is 445. The van der Waals surface area contributed by atoms with Gasteiger partial charge in [0.2, 0.25) is 0 Å². The van der Waals surface area contributed by atoms with Gasteiger partial charge in [-0.1, -0.05) is 65.2 Å². The molecule has 6 heteroatoms. The van der Waals surface area contributed by atoms with Gasteiger partial charge in [0, 0.05) is 7.11 Å². The summed E-state index contributed by atoms with van der Waals surface area (Å²) in [7, 11) is 1.66. The highest BCUT2D eigenvalue weighted by molar-refractivity contribution is 4.97. The van der Waals surface area contributed by atoms with Crippen molar-refractivity contribution >= 4 is 0 Å². The Balaban J connectivity index is 1.48. The molecule has 0 spiro atoms. The molecule has 0 radical (unpaired) electrons. The number of methoxy groups -OCH3 is 1. The van der Waals surface area contributed by atoms with Crippen LogP contribution in [-0.2, 0) is 28.4 Å². The summed E-state index contributed by atoms with van der Waals surface area (Å²) < 4.78 is 36.4. The maximum atomic E-state index is 6.32. The van der Waals surface area contributed by atoms with Crippen LogP contribution in [0.2, 0.25) is 0 Å². The predicted molar refractivity (Wildman–Crippen MR) is 111 cm³/mol. The molecule has 0 aromatic heterocycles. The van der Waals surface area contributed by atoms with E-state index >= 15 is 0 Å². The lowest BCUT2D eigenvalue weighted by Crippen LogP contribution is -2.62. The number of hydrogen-bond donors (Lipinski definition) is 0. The zero-order valence-electron chi connectivity index (χ0n) is 18.7. The fourth-order valence-electron chi connectivity index (χ4n) is 4.58. The molecule has 0 bridgehead atoms. The minimum atomic E-state index is -0.427. The molecule has 0 saturated carbocycles. The topological polar surface area (TPSA) is 55.4 Å². The average molecular weight is 415 g/mol. The zero-order chi connectivity index (χ0) is 20.5. The first kappa shape index (κ1) is 23.4. The van der Waals surface area contributed by atoms with E-state index in [1.165, 1.54) is 51.4 Å². The molecule has 3 fully saturated rings. The lowest BCUT2D eigenvalue weighted by atomic mass is 9.98. The second-order valence-corrected chi connectivity index (χ2v) is 8.68. The van der Waals surface area contributed by atoms with Gasteiger partial charge in [-0.15, -0.1) is 0 Å². The van der Waals surface area contributed by atoms with Crippen LogP contribution in [0.15, 0.2) is 0 Å². The minimum absolute atomic E-state index is 0.147. The van der Waals surface area contributed by atoms with Crippen molar-refractivity contribution in [2.45, 2.75) is 134 Å². The Morgan fingerprint density at radius 3 is 1.90 bits per heavy atom. The quantitative estimate of drug-likeness (QED) is 0.398. The minimum Gasteiger partial charge on any atom is -0.353 e. The van der Waals surface area contributed by atoms with Gasteiger partial charge in [0.05, 0.1) is 6.61 Å². The average Bonchev–Trinajstić information content (AvgIpc) is 3.17. The second-order valence-electron chi connectivity index (χ2n) is 8.68. The van der Waals surface area contributed by atoms with Crippen LogP contribution in [0, 0.1) is 0 Å². The summed E-state index contributed by atoms with van der Waals surface area (Å²) in [4.78, 5) is 0. The van der Waals surface area contributed by atoms with Crippen LogP contribution >= 0.6 is 0 Å². The summed E-state index contributed by atoms with van der Waals surface area (Å²) in [6, 6.07) is 0. The van der Waals surface area contributed by atoms with Crippen LogP contribution in [0.4, 0.5) is 0 Å². The summed E-state index contributed by atoms with van der Waals surface area (Å²) in [5, 5.41) is 0. The first-order valence-corrected chi connectivity index (χ1v) is 12.0. The van der Waals surface area contributed by atoms with Gasteiger partial charge in [-0.3, -0.25) is 0 Å². The van der Waals surface area contributed by atoms with Crippen LogP contribution in [-0.4, -0.2) is 57.0 Å². The molecule has 0 aromatic carbocycles. The van der Waals surface area contributed by atoms with E-state index in [-0.39, 0.29) is 37.0 Å². The van der Waals surface area contributed by atoms with Crippen LogP contribution in [0.1, 0.15) is 90.9 Å². The Labute approximate surface area is 176 Å². The highest BCUT2D eigenvalue weighted by Gasteiger charge is 2.55. The number of ether oxygens (including phenoxy) is 6. The first-order valence-electron chi connectivity index (χ1n) is 12.0. The third-order valence-electron chi connectivity index (χ3n) is 6.28. The lowest BCUT2D eigenvalue weighted by Gasteiger charge is -2.45. The van der Waals surface area contributed by atoms with E-state index in [0.29, 0.717) is 6.61 Å². The molecule has 0 aliphatic carbocycles.